The van der Waals surface area contributed by atoms with Gasteiger partial charge in [0, 0.05) is 42.1 Å². The summed E-state index contributed by atoms with van der Waals surface area (Å²) < 4.78 is 13.5. The normalized spacial score (nSPS) is 15.6. The molecule has 0 amide bonds. The van der Waals surface area contributed by atoms with Crippen LogP contribution in [0.15, 0.2) is 46.2 Å². The van der Waals surface area contributed by atoms with E-state index >= 15 is 0 Å². The van der Waals surface area contributed by atoms with E-state index in [1.165, 1.54) is 22.7 Å². The van der Waals surface area contributed by atoms with Gasteiger partial charge in [-0.05, 0) is 23.3 Å². The number of fused-ring (bicyclic) bond motifs is 1. The average Bonchev–Trinajstić information content (AvgIpc) is 3.18. The molecule has 0 radical (unpaired) electrons. The number of hydrogen-bond acceptors (Lipinski definition) is 7. The van der Waals surface area contributed by atoms with E-state index in [1.54, 1.807) is 12.4 Å². The van der Waals surface area contributed by atoms with Crippen LogP contribution >= 0.6 is 22.7 Å². The number of aromatic nitrogens is 4. The minimum Gasteiger partial charge on any atom is -0.611 e. The van der Waals surface area contributed by atoms with Gasteiger partial charge in [0.05, 0.1) is 5.69 Å². The van der Waals surface area contributed by atoms with E-state index in [0.717, 1.165) is 43.7 Å². The van der Waals surface area contributed by atoms with Gasteiger partial charge in [0.15, 0.2) is 10.8 Å². The van der Waals surface area contributed by atoms with Gasteiger partial charge < -0.3 is 4.55 Å². The Kier molecular flexibility index (Phi) is 3.78. The molecule has 1 fully saturated rings. The zero-order valence-electron chi connectivity index (χ0n) is 13.0. The molecule has 4 heterocycles. The minimum absolute atomic E-state index is 0.303. The van der Waals surface area contributed by atoms with Crippen molar-refractivity contribution in [1.29, 1.82) is 0 Å². The minimum atomic E-state index is -0.947. The lowest BCUT2D eigenvalue weighted by molar-refractivity contribution is 0.596. The van der Waals surface area contributed by atoms with Crippen molar-refractivity contribution in [2.24, 2.45) is 0 Å². The van der Waals surface area contributed by atoms with Crippen molar-refractivity contribution in [3.63, 3.8) is 0 Å². The summed E-state index contributed by atoms with van der Waals surface area (Å²) in [6.07, 6.45) is 5.59. The lowest BCUT2D eigenvalue weighted by atomic mass is 10.2. The van der Waals surface area contributed by atoms with Crippen LogP contribution < -0.4 is 0 Å². The first-order valence-corrected chi connectivity index (χ1v) is 10.7. The Morgan fingerprint density at radius 3 is 2.76 bits per heavy atom. The summed E-state index contributed by atoms with van der Waals surface area (Å²) in [6, 6.07) is 7.73. The molecule has 4 aromatic rings. The van der Waals surface area contributed by atoms with E-state index in [-0.39, 0.29) is 0 Å². The first-order chi connectivity index (χ1) is 12.3. The van der Waals surface area contributed by atoms with E-state index < -0.39 is 11.2 Å². The third-order valence-corrected chi connectivity index (χ3v) is 7.85. The van der Waals surface area contributed by atoms with Crippen LogP contribution in [0.2, 0.25) is 0 Å². The monoisotopic (exact) mass is 384 g/mol. The zero-order chi connectivity index (χ0) is 16.8. The Bertz CT molecular complexity index is 1030. The second-order valence-corrected chi connectivity index (χ2v) is 9.61. The fourth-order valence-corrected chi connectivity index (χ4v) is 6.01. The van der Waals surface area contributed by atoms with Crippen molar-refractivity contribution in [2.75, 3.05) is 0 Å². The average molecular weight is 385 g/mol. The summed E-state index contributed by atoms with van der Waals surface area (Å²) >= 11 is 2.05. The Morgan fingerprint density at radius 2 is 2.04 bits per heavy atom. The third kappa shape index (κ3) is 2.85. The van der Waals surface area contributed by atoms with Gasteiger partial charge in [0.25, 0.3) is 0 Å². The summed E-state index contributed by atoms with van der Waals surface area (Å²) in [5.41, 5.74) is 1.56. The van der Waals surface area contributed by atoms with Crippen LogP contribution in [0.5, 0.6) is 0 Å². The van der Waals surface area contributed by atoms with Gasteiger partial charge in [-0.1, -0.05) is 17.4 Å². The molecule has 0 spiro atoms. The van der Waals surface area contributed by atoms with Crippen molar-refractivity contribution in [2.45, 2.75) is 22.3 Å². The highest BCUT2D eigenvalue weighted by atomic mass is 32.2. The van der Waals surface area contributed by atoms with Gasteiger partial charge in [-0.25, -0.2) is 15.0 Å². The predicted octanol–water partition coefficient (Wildman–Crippen LogP) is 4.15. The lowest BCUT2D eigenvalue weighted by Gasteiger charge is -2.04. The quantitative estimate of drug-likeness (QED) is 0.494. The van der Waals surface area contributed by atoms with Crippen LogP contribution in [0.3, 0.4) is 0 Å². The number of thiazole rings is 1. The van der Waals surface area contributed by atoms with Crippen LogP contribution in [0.25, 0.3) is 32.4 Å². The standard InChI is InChI=1S/C17H12N4OS3/c22-25(10-4-5-10)13-9-11-14(12-3-1-2-6-18-12)20-15(21-16(11)24-13)17-19-7-8-23-17/h1-3,6-10H,4-5H2. The molecule has 1 aliphatic carbocycles. The Hall–Kier alpha value is -1.87. The molecule has 1 unspecified atom stereocenters. The van der Waals surface area contributed by atoms with E-state index in [1.807, 2.05) is 29.6 Å². The maximum Gasteiger partial charge on any atom is 0.209 e. The highest BCUT2D eigenvalue weighted by molar-refractivity contribution is 7.94. The summed E-state index contributed by atoms with van der Waals surface area (Å²) in [6.45, 7) is 0. The van der Waals surface area contributed by atoms with Crippen LogP contribution in [0, 0.1) is 0 Å². The molecule has 124 valence electrons. The Morgan fingerprint density at radius 1 is 1.12 bits per heavy atom. The van der Waals surface area contributed by atoms with Crippen molar-refractivity contribution < 1.29 is 4.55 Å². The van der Waals surface area contributed by atoms with Crippen LogP contribution in [-0.2, 0) is 11.2 Å². The Balaban J connectivity index is 1.73. The largest absolute Gasteiger partial charge is 0.611 e. The van der Waals surface area contributed by atoms with Crippen molar-refractivity contribution in [1.82, 2.24) is 19.9 Å². The van der Waals surface area contributed by atoms with Crippen LogP contribution in [0.1, 0.15) is 12.8 Å². The molecular weight excluding hydrogens is 372 g/mol. The molecule has 4 aromatic heterocycles. The highest BCUT2D eigenvalue weighted by Crippen LogP contribution is 2.40. The number of rotatable bonds is 4. The fourth-order valence-electron chi connectivity index (χ4n) is 2.57. The van der Waals surface area contributed by atoms with Crippen molar-refractivity contribution in [3.8, 4) is 22.2 Å². The van der Waals surface area contributed by atoms with Gasteiger partial charge in [-0.15, -0.1) is 11.3 Å². The number of hydrogen-bond donors (Lipinski definition) is 0. The number of pyridine rings is 1. The second kappa shape index (κ2) is 6.14. The predicted molar refractivity (Wildman–Crippen MR) is 101 cm³/mol. The summed E-state index contributed by atoms with van der Waals surface area (Å²) in [5.74, 6) is 0.591. The molecule has 1 saturated carbocycles. The molecule has 25 heavy (non-hydrogen) atoms. The molecule has 0 saturated heterocycles. The molecule has 8 heteroatoms. The van der Waals surface area contributed by atoms with E-state index in [2.05, 4.69) is 15.0 Å². The van der Waals surface area contributed by atoms with E-state index in [4.69, 9.17) is 4.98 Å². The molecule has 1 aliphatic rings. The van der Waals surface area contributed by atoms with Crippen LogP contribution in [-0.4, -0.2) is 29.7 Å². The van der Waals surface area contributed by atoms with Crippen LogP contribution in [0.4, 0.5) is 0 Å². The molecular formula is C17H12N4OS3. The topological polar surface area (TPSA) is 74.6 Å². The van der Waals surface area contributed by atoms with Gasteiger partial charge in [-0.2, -0.15) is 0 Å². The smallest absolute Gasteiger partial charge is 0.209 e. The molecule has 0 aromatic carbocycles. The van der Waals surface area contributed by atoms with Gasteiger partial charge in [0.2, 0.25) is 4.21 Å². The second-order valence-electron chi connectivity index (χ2n) is 5.73. The summed E-state index contributed by atoms with van der Waals surface area (Å²) in [5, 5.41) is 3.90. The molecule has 0 aliphatic heterocycles. The SMILES string of the molecule is [O-][S+](c1cc2c(-c3ccccn3)nc(-c3nccs3)nc2s1)C1CC1. The number of thiophene rings is 1. The zero-order valence-corrected chi connectivity index (χ0v) is 15.4. The maximum absolute atomic E-state index is 12.6. The first-order valence-electron chi connectivity index (χ1n) is 7.83. The van der Waals surface area contributed by atoms with Gasteiger partial charge in [0.1, 0.15) is 15.8 Å². The number of nitrogens with zero attached hydrogens (tertiary/aromatic N) is 4. The van der Waals surface area contributed by atoms with Crippen molar-refractivity contribution >= 4 is 44.1 Å². The molecule has 0 bridgehead atoms. The summed E-state index contributed by atoms with van der Waals surface area (Å²) in [7, 11) is 0. The van der Waals surface area contributed by atoms with Gasteiger partial charge >= 0.3 is 0 Å². The molecule has 1 atom stereocenters. The van der Waals surface area contributed by atoms with E-state index in [9.17, 15) is 4.55 Å². The van der Waals surface area contributed by atoms with Crippen molar-refractivity contribution in [3.05, 3.63) is 42.0 Å². The Labute approximate surface area is 155 Å². The summed E-state index contributed by atoms with van der Waals surface area (Å²) in [4.78, 5) is 19.0. The molecule has 5 nitrogen and oxygen atoms in total. The first kappa shape index (κ1) is 15.4. The maximum atomic E-state index is 12.6. The third-order valence-electron chi connectivity index (χ3n) is 3.93. The van der Waals surface area contributed by atoms with E-state index in [0.29, 0.717) is 11.1 Å². The molecule has 5 rings (SSSR count). The fraction of sp³-hybridized carbons (Fsp3) is 0.176. The molecule has 0 N–H and O–H groups in total. The lowest BCUT2D eigenvalue weighted by Crippen LogP contribution is -2.04. The highest BCUT2D eigenvalue weighted by Gasteiger charge is 2.37. The van der Waals surface area contributed by atoms with Gasteiger partial charge in [-0.3, -0.25) is 4.98 Å².